The fourth-order valence-corrected chi connectivity index (χ4v) is 2.71. The van der Waals surface area contributed by atoms with Crippen LogP contribution in [0, 0.1) is 5.41 Å². The summed E-state index contributed by atoms with van der Waals surface area (Å²) in [6.07, 6.45) is 6.66. The molecule has 0 unspecified atom stereocenters. The molecule has 1 aromatic rings. The van der Waals surface area contributed by atoms with Crippen molar-refractivity contribution in [1.29, 1.82) is 0 Å². The monoisotopic (exact) mass is 218 g/mol. The summed E-state index contributed by atoms with van der Waals surface area (Å²) in [6, 6.07) is 6.38. The van der Waals surface area contributed by atoms with Crippen molar-refractivity contribution in [3.8, 4) is 11.5 Å². The average Bonchev–Trinajstić information content (AvgIpc) is 2.87. The van der Waals surface area contributed by atoms with E-state index in [0.29, 0.717) is 12.2 Å². The molecule has 2 aliphatic rings. The maximum Gasteiger partial charge on any atom is 0.231 e. The minimum Gasteiger partial charge on any atom is -0.454 e. The highest BCUT2D eigenvalue weighted by molar-refractivity contribution is 5.44. The van der Waals surface area contributed by atoms with E-state index in [0.717, 1.165) is 11.5 Å². The van der Waals surface area contributed by atoms with E-state index in [1.807, 2.05) is 6.07 Å². The smallest absolute Gasteiger partial charge is 0.231 e. The van der Waals surface area contributed by atoms with Crippen molar-refractivity contribution in [2.45, 2.75) is 39.0 Å². The predicted molar refractivity (Wildman–Crippen MR) is 62.8 cm³/mol. The van der Waals surface area contributed by atoms with Crippen LogP contribution in [0.1, 0.15) is 38.2 Å². The summed E-state index contributed by atoms with van der Waals surface area (Å²) in [6.45, 7) is 2.65. The lowest BCUT2D eigenvalue weighted by Crippen LogP contribution is -2.04. The highest BCUT2D eigenvalue weighted by atomic mass is 16.7. The Hall–Kier alpha value is -1.18. The minimum atomic E-state index is 0.374. The Labute approximate surface area is 96.6 Å². The molecule has 0 N–H and O–H groups in total. The second-order valence-corrected chi connectivity index (χ2v) is 5.11. The molecule has 0 bridgehead atoms. The summed E-state index contributed by atoms with van der Waals surface area (Å²) >= 11 is 0. The Balaban J connectivity index is 1.75. The fourth-order valence-electron chi connectivity index (χ4n) is 2.71. The van der Waals surface area contributed by atoms with Crippen molar-refractivity contribution in [3.63, 3.8) is 0 Å². The molecule has 0 radical (unpaired) electrons. The second kappa shape index (κ2) is 3.69. The van der Waals surface area contributed by atoms with Gasteiger partial charge in [0.15, 0.2) is 11.5 Å². The van der Waals surface area contributed by atoms with E-state index in [1.54, 1.807) is 0 Å². The Bertz CT molecular complexity index is 394. The lowest BCUT2D eigenvalue weighted by Gasteiger charge is -2.13. The van der Waals surface area contributed by atoms with Gasteiger partial charge in [-0.15, -0.1) is 0 Å². The third-order valence-corrected chi connectivity index (χ3v) is 3.75. The van der Waals surface area contributed by atoms with Crippen LogP contribution in [0.25, 0.3) is 0 Å². The molecule has 2 heteroatoms. The first-order valence-electron chi connectivity index (χ1n) is 6.20. The number of rotatable bonds is 4. The number of hydrogen-bond acceptors (Lipinski definition) is 2. The van der Waals surface area contributed by atoms with Crippen LogP contribution in [-0.4, -0.2) is 6.79 Å². The highest BCUT2D eigenvalue weighted by Crippen LogP contribution is 2.52. The van der Waals surface area contributed by atoms with Gasteiger partial charge in [-0.3, -0.25) is 0 Å². The van der Waals surface area contributed by atoms with Crippen molar-refractivity contribution in [3.05, 3.63) is 23.8 Å². The zero-order valence-electron chi connectivity index (χ0n) is 9.79. The molecular weight excluding hydrogens is 200 g/mol. The topological polar surface area (TPSA) is 18.5 Å². The van der Waals surface area contributed by atoms with Gasteiger partial charge in [0.2, 0.25) is 6.79 Å². The molecule has 86 valence electrons. The van der Waals surface area contributed by atoms with Crippen LogP contribution in [0.15, 0.2) is 18.2 Å². The molecule has 0 spiro atoms. The van der Waals surface area contributed by atoms with Crippen molar-refractivity contribution in [2.24, 2.45) is 5.41 Å². The molecule has 1 fully saturated rings. The molecule has 1 aliphatic heterocycles. The summed E-state index contributed by atoms with van der Waals surface area (Å²) in [4.78, 5) is 0. The predicted octanol–water partition coefficient (Wildman–Crippen LogP) is 3.54. The summed E-state index contributed by atoms with van der Waals surface area (Å²) in [5.41, 5.74) is 2.01. The van der Waals surface area contributed by atoms with Gasteiger partial charge in [0.05, 0.1) is 0 Å². The van der Waals surface area contributed by atoms with Crippen molar-refractivity contribution < 1.29 is 9.47 Å². The first-order chi connectivity index (χ1) is 7.81. The zero-order valence-corrected chi connectivity index (χ0v) is 9.79. The van der Waals surface area contributed by atoms with Gasteiger partial charge < -0.3 is 9.47 Å². The SMILES string of the molecule is CCCC1(Cc2ccc3c(c2)OCO3)CC1. The van der Waals surface area contributed by atoms with E-state index in [-0.39, 0.29) is 0 Å². The Morgan fingerprint density at radius 2 is 2.00 bits per heavy atom. The average molecular weight is 218 g/mol. The molecule has 0 saturated heterocycles. The van der Waals surface area contributed by atoms with E-state index in [9.17, 15) is 0 Å². The zero-order chi connectivity index (χ0) is 11.0. The van der Waals surface area contributed by atoms with Crippen molar-refractivity contribution in [1.82, 2.24) is 0 Å². The molecule has 16 heavy (non-hydrogen) atoms. The fraction of sp³-hybridized carbons (Fsp3) is 0.571. The standard InChI is InChI=1S/C14H18O2/c1-2-5-14(6-7-14)9-11-3-4-12-13(8-11)16-10-15-12/h3-4,8H,2,5-7,9-10H2,1H3. The van der Waals surface area contributed by atoms with Crippen LogP contribution in [0.4, 0.5) is 0 Å². The van der Waals surface area contributed by atoms with E-state index in [4.69, 9.17) is 9.47 Å². The molecular formula is C14H18O2. The maximum absolute atomic E-state index is 5.41. The Morgan fingerprint density at radius 3 is 2.75 bits per heavy atom. The van der Waals surface area contributed by atoms with Gasteiger partial charge in [-0.1, -0.05) is 19.4 Å². The molecule has 1 aromatic carbocycles. The van der Waals surface area contributed by atoms with Crippen LogP contribution in [0.3, 0.4) is 0 Å². The van der Waals surface area contributed by atoms with Crippen LogP contribution < -0.4 is 9.47 Å². The van der Waals surface area contributed by atoms with Gasteiger partial charge in [-0.05, 0) is 48.8 Å². The molecule has 3 rings (SSSR count). The van der Waals surface area contributed by atoms with Crippen molar-refractivity contribution >= 4 is 0 Å². The molecule has 0 atom stereocenters. The second-order valence-electron chi connectivity index (χ2n) is 5.11. The Kier molecular flexibility index (Phi) is 2.31. The quantitative estimate of drug-likeness (QED) is 0.769. The third kappa shape index (κ3) is 1.77. The number of benzene rings is 1. The van der Waals surface area contributed by atoms with E-state index >= 15 is 0 Å². The lowest BCUT2D eigenvalue weighted by atomic mass is 9.92. The number of fused-ring (bicyclic) bond motifs is 1. The lowest BCUT2D eigenvalue weighted by molar-refractivity contribution is 0.174. The normalized spacial score (nSPS) is 19.8. The molecule has 0 aromatic heterocycles. The van der Waals surface area contributed by atoms with E-state index in [2.05, 4.69) is 19.1 Å². The van der Waals surface area contributed by atoms with E-state index < -0.39 is 0 Å². The van der Waals surface area contributed by atoms with Crippen LogP contribution in [0.2, 0.25) is 0 Å². The van der Waals surface area contributed by atoms with Gasteiger partial charge in [0.1, 0.15) is 0 Å². The molecule has 1 saturated carbocycles. The van der Waals surface area contributed by atoms with Crippen LogP contribution in [0.5, 0.6) is 11.5 Å². The minimum absolute atomic E-state index is 0.374. The van der Waals surface area contributed by atoms with Gasteiger partial charge in [0, 0.05) is 0 Å². The highest BCUT2D eigenvalue weighted by Gasteiger charge is 2.41. The third-order valence-electron chi connectivity index (χ3n) is 3.75. The van der Waals surface area contributed by atoms with Gasteiger partial charge in [-0.2, -0.15) is 0 Å². The largest absolute Gasteiger partial charge is 0.454 e. The molecule has 1 aliphatic carbocycles. The van der Waals surface area contributed by atoms with Crippen LogP contribution in [-0.2, 0) is 6.42 Å². The van der Waals surface area contributed by atoms with E-state index in [1.165, 1.54) is 37.7 Å². The summed E-state index contributed by atoms with van der Waals surface area (Å²) in [7, 11) is 0. The summed E-state index contributed by atoms with van der Waals surface area (Å²) < 4.78 is 10.7. The summed E-state index contributed by atoms with van der Waals surface area (Å²) in [5.74, 6) is 1.81. The maximum atomic E-state index is 5.41. The molecule has 2 nitrogen and oxygen atoms in total. The van der Waals surface area contributed by atoms with Gasteiger partial charge >= 0.3 is 0 Å². The van der Waals surface area contributed by atoms with Gasteiger partial charge in [0.25, 0.3) is 0 Å². The number of hydrogen-bond donors (Lipinski definition) is 0. The Morgan fingerprint density at radius 1 is 1.19 bits per heavy atom. The number of ether oxygens (including phenoxy) is 2. The first-order valence-corrected chi connectivity index (χ1v) is 6.20. The first kappa shape index (κ1) is 10.0. The molecule has 1 heterocycles. The van der Waals surface area contributed by atoms with Crippen molar-refractivity contribution in [2.75, 3.05) is 6.79 Å². The molecule has 0 amide bonds. The van der Waals surface area contributed by atoms with Gasteiger partial charge in [-0.25, -0.2) is 0 Å². The summed E-state index contributed by atoms with van der Waals surface area (Å²) in [5, 5.41) is 0. The van der Waals surface area contributed by atoms with Crippen LogP contribution >= 0.6 is 0 Å².